The second-order valence-corrected chi connectivity index (χ2v) is 7.46. The fraction of sp³-hybridized carbons (Fsp3) is 0.263. The topological polar surface area (TPSA) is 78.4 Å². The van der Waals surface area contributed by atoms with E-state index < -0.39 is 0 Å². The highest BCUT2D eigenvalue weighted by Gasteiger charge is 2.25. The molecule has 7 nitrogen and oxygen atoms in total. The fourth-order valence-corrected chi connectivity index (χ4v) is 3.74. The number of benzene rings is 1. The van der Waals surface area contributed by atoms with Crippen LogP contribution in [-0.2, 0) is 4.79 Å². The molecular weight excluding hydrogens is 362 g/mol. The van der Waals surface area contributed by atoms with E-state index in [9.17, 15) is 9.59 Å². The van der Waals surface area contributed by atoms with Gasteiger partial charge in [0.05, 0.1) is 10.6 Å². The molecule has 2 aliphatic heterocycles. The summed E-state index contributed by atoms with van der Waals surface area (Å²) in [6.07, 6.45) is 3.30. The second kappa shape index (κ2) is 7.40. The van der Waals surface area contributed by atoms with E-state index in [0.717, 1.165) is 37.9 Å². The SMILES string of the molecule is Cc1ccc(N2CCN(c3nccc(/C=C4/SC(=O)NC4=O)n3)CC2)cc1. The number of imide groups is 1. The van der Waals surface area contributed by atoms with E-state index in [4.69, 9.17) is 0 Å². The van der Waals surface area contributed by atoms with Crippen molar-refractivity contribution < 1.29 is 9.59 Å². The minimum Gasteiger partial charge on any atom is -0.368 e. The van der Waals surface area contributed by atoms with E-state index in [1.54, 1.807) is 18.3 Å². The number of nitrogens with zero attached hydrogens (tertiary/aromatic N) is 4. The van der Waals surface area contributed by atoms with E-state index in [1.165, 1.54) is 11.3 Å². The zero-order valence-electron chi connectivity index (χ0n) is 14.9. The van der Waals surface area contributed by atoms with E-state index in [-0.39, 0.29) is 11.1 Å². The Kier molecular flexibility index (Phi) is 4.81. The number of thioether (sulfide) groups is 1. The number of anilines is 2. The van der Waals surface area contributed by atoms with Gasteiger partial charge in [0.1, 0.15) is 0 Å². The van der Waals surface area contributed by atoms with Crippen molar-refractivity contribution in [2.45, 2.75) is 6.92 Å². The Morgan fingerprint density at radius 3 is 2.41 bits per heavy atom. The summed E-state index contributed by atoms with van der Waals surface area (Å²) in [5.41, 5.74) is 3.11. The maximum absolute atomic E-state index is 11.7. The number of amides is 2. The maximum Gasteiger partial charge on any atom is 0.290 e. The van der Waals surface area contributed by atoms with E-state index in [0.29, 0.717) is 16.5 Å². The first-order valence-corrected chi connectivity index (χ1v) is 9.54. The van der Waals surface area contributed by atoms with Crippen LogP contribution >= 0.6 is 11.8 Å². The standard InChI is InChI=1S/C19H19N5O2S/c1-13-2-4-15(5-3-13)23-8-10-24(11-9-23)18-20-7-6-14(21-18)12-16-17(25)22-19(26)27-16/h2-7,12H,8-11H2,1H3,(H,22,25,26)/b16-12+. The third-order valence-corrected chi connectivity index (χ3v) is 5.36. The molecule has 2 aromatic rings. The number of carbonyl (C=O) groups excluding carboxylic acids is 2. The summed E-state index contributed by atoms with van der Waals surface area (Å²) < 4.78 is 0. The van der Waals surface area contributed by atoms with Crippen LogP contribution in [-0.4, -0.2) is 47.3 Å². The smallest absolute Gasteiger partial charge is 0.290 e. The first-order chi connectivity index (χ1) is 13.1. The van der Waals surface area contributed by atoms with Gasteiger partial charge in [-0.2, -0.15) is 0 Å². The molecule has 0 unspecified atom stereocenters. The van der Waals surface area contributed by atoms with Gasteiger partial charge in [-0.3, -0.25) is 14.9 Å². The summed E-state index contributed by atoms with van der Waals surface area (Å²) in [5.74, 6) is 0.263. The highest BCUT2D eigenvalue weighted by molar-refractivity contribution is 8.18. The number of aryl methyl sites for hydroxylation is 1. The molecule has 1 aromatic carbocycles. The number of piperazine rings is 1. The number of aromatic nitrogens is 2. The molecule has 0 bridgehead atoms. The largest absolute Gasteiger partial charge is 0.368 e. The van der Waals surface area contributed by atoms with Crippen LogP contribution < -0.4 is 15.1 Å². The number of carbonyl (C=O) groups is 2. The van der Waals surface area contributed by atoms with Gasteiger partial charge in [0.2, 0.25) is 5.95 Å². The van der Waals surface area contributed by atoms with Crippen molar-refractivity contribution in [3.8, 4) is 0 Å². The molecule has 0 aliphatic carbocycles. The summed E-state index contributed by atoms with van der Waals surface area (Å²) >= 11 is 0.890. The van der Waals surface area contributed by atoms with Crippen molar-refractivity contribution in [3.63, 3.8) is 0 Å². The quantitative estimate of drug-likeness (QED) is 0.818. The Morgan fingerprint density at radius 2 is 1.74 bits per heavy atom. The molecule has 1 aromatic heterocycles. The Balaban J connectivity index is 1.44. The van der Waals surface area contributed by atoms with Crippen molar-refractivity contribution in [2.75, 3.05) is 36.0 Å². The van der Waals surface area contributed by atoms with E-state index in [1.807, 2.05) is 0 Å². The Hall–Kier alpha value is -2.87. The van der Waals surface area contributed by atoms with Crippen LogP contribution in [0.1, 0.15) is 11.3 Å². The molecule has 0 radical (unpaired) electrons. The van der Waals surface area contributed by atoms with E-state index in [2.05, 4.69) is 56.3 Å². The lowest BCUT2D eigenvalue weighted by molar-refractivity contribution is -0.115. The molecule has 2 aliphatic rings. The van der Waals surface area contributed by atoms with Gasteiger partial charge in [-0.1, -0.05) is 17.7 Å². The van der Waals surface area contributed by atoms with Crippen LogP contribution in [0.5, 0.6) is 0 Å². The van der Waals surface area contributed by atoms with Gasteiger partial charge in [-0.25, -0.2) is 9.97 Å². The molecular formula is C19H19N5O2S. The number of hydrogen-bond donors (Lipinski definition) is 1. The van der Waals surface area contributed by atoms with Crippen LogP contribution in [0.2, 0.25) is 0 Å². The van der Waals surface area contributed by atoms with Crippen molar-refractivity contribution in [1.82, 2.24) is 15.3 Å². The van der Waals surface area contributed by atoms with Crippen LogP contribution in [0.25, 0.3) is 6.08 Å². The maximum atomic E-state index is 11.7. The molecule has 0 spiro atoms. The second-order valence-electron chi connectivity index (χ2n) is 6.44. The number of nitrogens with one attached hydrogen (secondary N) is 1. The molecule has 2 fully saturated rings. The summed E-state index contributed by atoms with van der Waals surface area (Å²) in [6.45, 7) is 5.52. The summed E-state index contributed by atoms with van der Waals surface area (Å²) in [5, 5.41) is 1.89. The highest BCUT2D eigenvalue weighted by atomic mass is 32.2. The van der Waals surface area contributed by atoms with Gasteiger partial charge < -0.3 is 9.80 Å². The predicted molar refractivity (Wildman–Crippen MR) is 107 cm³/mol. The van der Waals surface area contributed by atoms with Crippen LogP contribution in [0.3, 0.4) is 0 Å². The Labute approximate surface area is 161 Å². The third kappa shape index (κ3) is 3.95. The zero-order chi connectivity index (χ0) is 18.8. The average molecular weight is 381 g/mol. The first-order valence-electron chi connectivity index (χ1n) is 8.73. The highest BCUT2D eigenvalue weighted by Crippen LogP contribution is 2.25. The van der Waals surface area contributed by atoms with E-state index >= 15 is 0 Å². The van der Waals surface area contributed by atoms with Crippen molar-refractivity contribution in [3.05, 3.63) is 52.7 Å². The molecule has 3 heterocycles. The van der Waals surface area contributed by atoms with Gasteiger partial charge >= 0.3 is 0 Å². The minimum absolute atomic E-state index is 0.354. The molecule has 4 rings (SSSR count). The molecule has 2 amide bonds. The lowest BCUT2D eigenvalue weighted by Gasteiger charge is -2.36. The summed E-state index contributed by atoms with van der Waals surface area (Å²) in [6, 6.07) is 10.3. The zero-order valence-corrected chi connectivity index (χ0v) is 15.7. The van der Waals surface area contributed by atoms with Gasteiger partial charge in [0, 0.05) is 38.1 Å². The molecule has 138 valence electrons. The Bertz CT molecular complexity index is 905. The minimum atomic E-state index is -0.378. The Morgan fingerprint density at radius 1 is 1.04 bits per heavy atom. The predicted octanol–water partition coefficient (Wildman–Crippen LogP) is 2.44. The first kappa shape index (κ1) is 17.5. The van der Waals surface area contributed by atoms with Crippen molar-refractivity contribution >= 4 is 40.6 Å². The van der Waals surface area contributed by atoms with Crippen LogP contribution in [0.15, 0.2) is 41.4 Å². The van der Waals surface area contributed by atoms with Gasteiger partial charge in [0.25, 0.3) is 11.1 Å². The third-order valence-electron chi connectivity index (χ3n) is 4.55. The average Bonchev–Trinajstić information content (AvgIpc) is 3.00. The molecule has 2 saturated heterocycles. The number of hydrogen-bond acceptors (Lipinski definition) is 7. The van der Waals surface area contributed by atoms with Crippen molar-refractivity contribution in [1.29, 1.82) is 0 Å². The lowest BCUT2D eigenvalue weighted by atomic mass is 10.2. The van der Waals surface area contributed by atoms with Gasteiger partial charge in [0.15, 0.2) is 0 Å². The fourth-order valence-electron chi connectivity index (χ4n) is 3.07. The molecule has 27 heavy (non-hydrogen) atoms. The van der Waals surface area contributed by atoms with Crippen LogP contribution in [0, 0.1) is 6.92 Å². The van der Waals surface area contributed by atoms with Crippen LogP contribution in [0.4, 0.5) is 16.4 Å². The normalized spacial score (nSPS) is 18.9. The molecule has 0 atom stereocenters. The van der Waals surface area contributed by atoms with Gasteiger partial charge in [-0.05, 0) is 43.0 Å². The summed E-state index contributed by atoms with van der Waals surface area (Å²) in [4.78, 5) is 36.7. The number of rotatable bonds is 3. The van der Waals surface area contributed by atoms with Gasteiger partial charge in [-0.15, -0.1) is 0 Å². The monoisotopic (exact) mass is 381 g/mol. The molecule has 0 saturated carbocycles. The molecule has 1 N–H and O–H groups in total. The lowest BCUT2D eigenvalue weighted by Crippen LogP contribution is -2.47. The molecule has 8 heteroatoms. The summed E-state index contributed by atoms with van der Waals surface area (Å²) in [7, 11) is 0. The van der Waals surface area contributed by atoms with Crippen molar-refractivity contribution in [2.24, 2.45) is 0 Å².